The van der Waals surface area contributed by atoms with Crippen LogP contribution in [-0.4, -0.2) is 10.9 Å². The van der Waals surface area contributed by atoms with Gasteiger partial charge in [-0.25, -0.2) is 4.98 Å². The van der Waals surface area contributed by atoms with Gasteiger partial charge in [0.15, 0.2) is 0 Å². The zero-order valence-electron chi connectivity index (χ0n) is 10.4. The van der Waals surface area contributed by atoms with Gasteiger partial charge in [-0.05, 0) is 41.9 Å². The first kappa shape index (κ1) is 14.5. The first-order valence-electron chi connectivity index (χ1n) is 5.58. The summed E-state index contributed by atoms with van der Waals surface area (Å²) in [5.41, 5.74) is -0.0858. The zero-order valence-corrected chi connectivity index (χ0v) is 13.6. The molecule has 0 fully saturated rings. The van der Waals surface area contributed by atoms with Crippen molar-refractivity contribution < 1.29 is 4.79 Å². The topological polar surface area (TPSA) is 42.0 Å². The molecule has 0 radical (unpaired) electrons. The molecular weight excluding hydrogens is 348 g/mol. The molecule has 2 rings (SSSR count). The van der Waals surface area contributed by atoms with Gasteiger partial charge < -0.3 is 5.32 Å². The van der Waals surface area contributed by atoms with Crippen LogP contribution in [0.5, 0.6) is 0 Å². The van der Waals surface area contributed by atoms with Gasteiger partial charge in [0.25, 0.3) is 5.91 Å². The number of nitrogens with zero attached hydrogens (tertiary/aromatic N) is 1. The highest BCUT2D eigenvalue weighted by atomic mass is 79.9. The fourth-order valence-corrected chi connectivity index (χ4v) is 2.91. The van der Waals surface area contributed by atoms with E-state index in [1.54, 1.807) is 24.4 Å². The number of rotatable bonds is 3. The molecule has 0 saturated carbocycles. The minimum absolute atomic E-state index is 0.216. The van der Waals surface area contributed by atoms with E-state index in [1.807, 2.05) is 19.2 Å². The number of thiazole rings is 1. The Morgan fingerprint density at radius 2 is 2.21 bits per heavy atom. The van der Waals surface area contributed by atoms with Crippen LogP contribution in [0.4, 0.5) is 0 Å². The molecule has 1 amide bonds. The van der Waals surface area contributed by atoms with Crippen molar-refractivity contribution in [3.05, 3.63) is 49.8 Å². The fraction of sp³-hybridized carbons (Fsp3) is 0.231. The van der Waals surface area contributed by atoms with E-state index in [0.29, 0.717) is 15.1 Å². The monoisotopic (exact) mass is 358 g/mol. The molecule has 0 saturated heterocycles. The summed E-state index contributed by atoms with van der Waals surface area (Å²) in [5, 5.41) is 6.10. The van der Waals surface area contributed by atoms with Crippen molar-refractivity contribution in [2.75, 3.05) is 0 Å². The summed E-state index contributed by atoms with van der Waals surface area (Å²) >= 11 is 10.9. The van der Waals surface area contributed by atoms with Crippen LogP contribution in [0.3, 0.4) is 0 Å². The van der Waals surface area contributed by atoms with Crippen molar-refractivity contribution in [1.29, 1.82) is 0 Å². The molecule has 19 heavy (non-hydrogen) atoms. The maximum atomic E-state index is 12.3. The first-order chi connectivity index (χ1) is 8.92. The van der Waals surface area contributed by atoms with Gasteiger partial charge in [0.2, 0.25) is 0 Å². The number of aromatic nitrogens is 1. The summed E-state index contributed by atoms with van der Waals surface area (Å²) in [5.74, 6) is -0.216. The lowest BCUT2D eigenvalue weighted by molar-refractivity contribution is 0.0912. The van der Waals surface area contributed by atoms with Crippen molar-refractivity contribution in [1.82, 2.24) is 10.3 Å². The lowest BCUT2D eigenvalue weighted by atomic mass is 10.1. The summed E-state index contributed by atoms with van der Waals surface area (Å²) in [6.45, 7) is 3.82. The third-order valence-electron chi connectivity index (χ3n) is 2.59. The summed E-state index contributed by atoms with van der Waals surface area (Å²) in [6.07, 6.45) is 1.72. The molecule has 1 N–H and O–H groups in total. The molecule has 1 aromatic heterocycles. The number of hydrogen-bond acceptors (Lipinski definition) is 3. The van der Waals surface area contributed by atoms with E-state index < -0.39 is 5.54 Å². The van der Waals surface area contributed by atoms with Crippen LogP contribution in [-0.2, 0) is 5.54 Å². The smallest absolute Gasteiger partial charge is 0.253 e. The van der Waals surface area contributed by atoms with Crippen molar-refractivity contribution in [2.24, 2.45) is 0 Å². The van der Waals surface area contributed by atoms with E-state index in [-0.39, 0.29) is 5.91 Å². The number of carbonyl (C=O) groups is 1. The summed E-state index contributed by atoms with van der Waals surface area (Å²) in [7, 11) is 0. The highest BCUT2D eigenvalue weighted by Gasteiger charge is 2.26. The molecule has 0 spiro atoms. The fourth-order valence-electron chi connectivity index (χ4n) is 1.62. The average Bonchev–Trinajstić information content (AvgIpc) is 2.86. The zero-order chi connectivity index (χ0) is 14.0. The molecule has 0 bridgehead atoms. The second kappa shape index (κ2) is 5.61. The van der Waals surface area contributed by atoms with Crippen LogP contribution in [0.15, 0.2) is 34.2 Å². The molecular formula is C13H12BrClN2OS. The van der Waals surface area contributed by atoms with Gasteiger partial charge in [-0.15, -0.1) is 11.3 Å². The van der Waals surface area contributed by atoms with Crippen LogP contribution < -0.4 is 5.32 Å². The Hall–Kier alpha value is -0.910. The van der Waals surface area contributed by atoms with E-state index in [9.17, 15) is 4.79 Å². The second-order valence-corrected chi connectivity index (χ2v) is 6.64. The third kappa shape index (κ3) is 3.16. The van der Waals surface area contributed by atoms with E-state index in [2.05, 4.69) is 26.2 Å². The van der Waals surface area contributed by atoms with Crippen molar-refractivity contribution in [2.45, 2.75) is 19.4 Å². The molecule has 6 heteroatoms. The highest BCUT2D eigenvalue weighted by Crippen LogP contribution is 2.28. The summed E-state index contributed by atoms with van der Waals surface area (Å²) in [6, 6.07) is 5.27. The first-order valence-corrected chi connectivity index (χ1v) is 7.63. The lowest BCUT2D eigenvalue weighted by Crippen LogP contribution is -2.41. The van der Waals surface area contributed by atoms with Crippen molar-refractivity contribution >= 4 is 44.8 Å². The van der Waals surface area contributed by atoms with Crippen LogP contribution in [0.25, 0.3) is 0 Å². The number of benzene rings is 1. The Morgan fingerprint density at radius 1 is 1.47 bits per heavy atom. The molecule has 3 nitrogen and oxygen atoms in total. The molecule has 1 heterocycles. The molecule has 0 unspecified atom stereocenters. The molecule has 2 aromatic rings. The normalized spacial score (nSPS) is 11.4. The molecule has 1 aromatic carbocycles. The number of nitrogens with one attached hydrogen (secondary N) is 1. The Kier molecular flexibility index (Phi) is 4.28. The number of carbonyl (C=O) groups excluding carboxylic acids is 1. The Labute approximate surface area is 129 Å². The number of halogens is 2. The maximum absolute atomic E-state index is 12.3. The van der Waals surface area contributed by atoms with Gasteiger partial charge in [0.1, 0.15) is 5.01 Å². The van der Waals surface area contributed by atoms with Crippen LogP contribution >= 0.6 is 38.9 Å². The SMILES string of the molecule is CC(C)(NC(=O)c1cccc(Br)c1Cl)c1nccs1. The molecule has 0 aliphatic rings. The molecule has 0 atom stereocenters. The lowest BCUT2D eigenvalue weighted by Gasteiger charge is -2.24. The minimum atomic E-state index is -0.531. The van der Waals surface area contributed by atoms with E-state index in [1.165, 1.54) is 11.3 Å². The number of amides is 1. The number of hydrogen-bond donors (Lipinski definition) is 1. The third-order valence-corrected chi connectivity index (χ3v) is 4.98. The maximum Gasteiger partial charge on any atom is 0.253 e. The van der Waals surface area contributed by atoms with Crippen molar-refractivity contribution in [3.8, 4) is 0 Å². The van der Waals surface area contributed by atoms with Crippen LogP contribution in [0, 0.1) is 0 Å². The molecule has 0 aliphatic heterocycles. The highest BCUT2D eigenvalue weighted by molar-refractivity contribution is 9.10. The van der Waals surface area contributed by atoms with Crippen molar-refractivity contribution in [3.63, 3.8) is 0 Å². The van der Waals surface area contributed by atoms with Gasteiger partial charge >= 0.3 is 0 Å². The van der Waals surface area contributed by atoms with Gasteiger partial charge in [-0.3, -0.25) is 4.79 Å². The summed E-state index contributed by atoms with van der Waals surface area (Å²) in [4.78, 5) is 16.5. The van der Waals surface area contributed by atoms with Crippen LogP contribution in [0.2, 0.25) is 5.02 Å². The Balaban J connectivity index is 2.24. The largest absolute Gasteiger partial charge is 0.341 e. The minimum Gasteiger partial charge on any atom is -0.341 e. The quantitative estimate of drug-likeness (QED) is 0.891. The predicted molar refractivity (Wildman–Crippen MR) is 81.8 cm³/mol. The Bertz CT molecular complexity index is 599. The van der Waals surface area contributed by atoms with E-state index >= 15 is 0 Å². The van der Waals surface area contributed by atoms with E-state index in [4.69, 9.17) is 11.6 Å². The van der Waals surface area contributed by atoms with Gasteiger partial charge in [-0.2, -0.15) is 0 Å². The standard InChI is InChI=1S/C13H12BrClN2OS/c1-13(2,12-16-6-7-19-12)17-11(18)8-4-3-5-9(14)10(8)15/h3-7H,1-2H3,(H,17,18). The Morgan fingerprint density at radius 3 is 2.84 bits per heavy atom. The second-order valence-electron chi connectivity index (χ2n) is 4.52. The van der Waals surface area contributed by atoms with Gasteiger partial charge in [0, 0.05) is 16.0 Å². The molecule has 0 aliphatic carbocycles. The summed E-state index contributed by atoms with van der Waals surface area (Å²) < 4.78 is 0.703. The van der Waals surface area contributed by atoms with Gasteiger partial charge in [0.05, 0.1) is 16.1 Å². The molecule has 100 valence electrons. The van der Waals surface area contributed by atoms with Gasteiger partial charge in [-0.1, -0.05) is 17.7 Å². The van der Waals surface area contributed by atoms with Crippen LogP contribution in [0.1, 0.15) is 29.2 Å². The predicted octanol–water partition coefficient (Wildman–Crippen LogP) is 4.22. The average molecular weight is 360 g/mol. The van der Waals surface area contributed by atoms with E-state index in [0.717, 1.165) is 5.01 Å².